The number of ether oxygens (including phenoxy) is 1. The minimum absolute atomic E-state index is 0.136. The van der Waals surface area contributed by atoms with E-state index in [9.17, 15) is 9.59 Å². The summed E-state index contributed by atoms with van der Waals surface area (Å²) in [7, 11) is 1.64. The average Bonchev–Trinajstić information content (AvgIpc) is 3.35. The van der Waals surface area contributed by atoms with E-state index in [2.05, 4.69) is 25.9 Å². The molecule has 3 fully saturated rings. The minimum Gasteiger partial charge on any atom is -0.496 e. The van der Waals surface area contributed by atoms with Gasteiger partial charge in [0.15, 0.2) is 0 Å². The van der Waals surface area contributed by atoms with Gasteiger partial charge in [0.2, 0.25) is 5.91 Å². The van der Waals surface area contributed by atoms with Crippen LogP contribution in [0.1, 0.15) is 18.0 Å². The molecule has 0 aliphatic carbocycles. The zero-order chi connectivity index (χ0) is 19.4. The van der Waals surface area contributed by atoms with Crippen LogP contribution in [0.3, 0.4) is 0 Å². The van der Waals surface area contributed by atoms with Crippen molar-refractivity contribution in [1.29, 1.82) is 0 Å². The number of carbonyl (C=O) groups is 2. The van der Waals surface area contributed by atoms with Crippen LogP contribution >= 0.6 is 15.9 Å². The summed E-state index contributed by atoms with van der Waals surface area (Å²) in [4.78, 5) is 28.2. The Balaban J connectivity index is 1.60. The third-order valence-electron chi connectivity index (χ3n) is 5.95. The first-order chi connectivity index (χ1) is 13.6. The molecule has 7 heteroatoms. The summed E-state index contributed by atoms with van der Waals surface area (Å²) in [5, 5.41) is 4.29. The van der Waals surface area contributed by atoms with Gasteiger partial charge < -0.3 is 4.74 Å². The molecule has 6 nitrogen and oxygen atoms in total. The van der Waals surface area contributed by atoms with Gasteiger partial charge in [-0.25, -0.2) is 14.9 Å². The second-order valence-electron chi connectivity index (χ2n) is 7.33. The number of nitrogens with zero attached hydrogens (tertiary/aromatic N) is 3. The fourth-order valence-electron chi connectivity index (χ4n) is 4.84. The molecular formula is C21H20BrN3O3. The maximum absolute atomic E-state index is 13.5. The van der Waals surface area contributed by atoms with Crippen molar-refractivity contribution in [3.8, 4) is 5.75 Å². The summed E-state index contributed by atoms with van der Waals surface area (Å²) in [6.07, 6.45) is 0.981. The van der Waals surface area contributed by atoms with E-state index in [1.807, 2.05) is 36.4 Å². The number of hydrogen-bond acceptors (Lipinski definition) is 5. The molecule has 0 saturated carbocycles. The Kier molecular flexibility index (Phi) is 4.26. The summed E-state index contributed by atoms with van der Waals surface area (Å²) in [6.45, 7) is 1.63. The Labute approximate surface area is 171 Å². The Hall–Kier alpha value is -2.22. The van der Waals surface area contributed by atoms with E-state index < -0.39 is 12.0 Å². The van der Waals surface area contributed by atoms with Gasteiger partial charge in [-0.2, -0.15) is 0 Å². The molecule has 5 rings (SSSR count). The standard InChI is InChI=1S/C21H20BrN3O3/c1-28-16-6-3-2-5-15(16)18-17-19(24-12-4-11-23(18)24)21(27)25(20(17)26)14-9-7-13(22)8-10-14/h2-3,5-10,17-19H,4,11-12H2,1H3/t17-,18+,19-/m1/s1. The van der Waals surface area contributed by atoms with Gasteiger partial charge in [-0.05, 0) is 36.8 Å². The lowest BCUT2D eigenvalue weighted by atomic mass is 9.89. The summed E-state index contributed by atoms with van der Waals surface area (Å²) in [5.74, 6) is 0.0411. The van der Waals surface area contributed by atoms with Crippen LogP contribution in [0, 0.1) is 5.92 Å². The van der Waals surface area contributed by atoms with E-state index in [0.717, 1.165) is 35.3 Å². The predicted molar refractivity (Wildman–Crippen MR) is 108 cm³/mol. The molecule has 0 spiro atoms. The molecule has 2 aromatic carbocycles. The molecule has 3 aliphatic heterocycles. The highest BCUT2D eigenvalue weighted by atomic mass is 79.9. The summed E-state index contributed by atoms with van der Waals surface area (Å²) < 4.78 is 6.49. The van der Waals surface area contributed by atoms with Crippen LogP contribution in [0.25, 0.3) is 0 Å². The lowest BCUT2D eigenvalue weighted by Crippen LogP contribution is -2.44. The first kappa shape index (κ1) is 17.8. The van der Waals surface area contributed by atoms with E-state index in [1.165, 1.54) is 4.90 Å². The number of benzene rings is 2. The van der Waals surface area contributed by atoms with Crippen LogP contribution < -0.4 is 9.64 Å². The molecule has 0 N–H and O–H groups in total. The zero-order valence-electron chi connectivity index (χ0n) is 15.4. The van der Waals surface area contributed by atoms with E-state index in [-0.39, 0.29) is 17.9 Å². The molecule has 2 aromatic rings. The van der Waals surface area contributed by atoms with Crippen LogP contribution in [0.5, 0.6) is 5.75 Å². The van der Waals surface area contributed by atoms with Crippen molar-refractivity contribution in [2.75, 3.05) is 25.1 Å². The van der Waals surface area contributed by atoms with Gasteiger partial charge in [0.1, 0.15) is 11.8 Å². The van der Waals surface area contributed by atoms with E-state index in [4.69, 9.17) is 4.74 Å². The monoisotopic (exact) mass is 441 g/mol. The van der Waals surface area contributed by atoms with Gasteiger partial charge in [0.05, 0.1) is 24.8 Å². The molecular weight excluding hydrogens is 422 g/mol. The molecule has 0 unspecified atom stereocenters. The number of hydrazine groups is 1. The number of amides is 2. The van der Waals surface area contributed by atoms with Gasteiger partial charge in [0, 0.05) is 23.1 Å². The Bertz CT molecular complexity index is 948. The zero-order valence-corrected chi connectivity index (χ0v) is 17.0. The van der Waals surface area contributed by atoms with Gasteiger partial charge in [-0.3, -0.25) is 9.59 Å². The predicted octanol–water partition coefficient (Wildman–Crippen LogP) is 2.99. The fraction of sp³-hybridized carbons (Fsp3) is 0.333. The number of halogens is 1. The number of methoxy groups -OCH3 is 1. The number of fused-ring (bicyclic) bond motifs is 3. The first-order valence-corrected chi connectivity index (χ1v) is 10.2. The highest BCUT2D eigenvalue weighted by Gasteiger charge is 2.63. The van der Waals surface area contributed by atoms with Crippen molar-refractivity contribution in [2.45, 2.75) is 18.5 Å². The normalized spacial score (nSPS) is 27.4. The topological polar surface area (TPSA) is 53.1 Å². The number of hydrogen-bond donors (Lipinski definition) is 0. The fourth-order valence-corrected chi connectivity index (χ4v) is 5.11. The lowest BCUT2D eigenvalue weighted by Gasteiger charge is -2.30. The van der Waals surface area contributed by atoms with Crippen LogP contribution in [0.4, 0.5) is 5.69 Å². The average molecular weight is 442 g/mol. The van der Waals surface area contributed by atoms with Gasteiger partial charge in [0.25, 0.3) is 5.91 Å². The maximum atomic E-state index is 13.5. The molecule has 3 atom stereocenters. The second kappa shape index (κ2) is 6.69. The number of imide groups is 1. The van der Waals surface area contributed by atoms with Crippen LogP contribution in [0.15, 0.2) is 53.0 Å². The summed E-state index contributed by atoms with van der Waals surface area (Å²) >= 11 is 3.41. The SMILES string of the molecule is COc1ccccc1[C@H]1[C@H]2C(=O)N(c3ccc(Br)cc3)C(=O)[C@@H]2N2CCCN12. The summed E-state index contributed by atoms with van der Waals surface area (Å²) in [5.41, 5.74) is 1.58. The van der Waals surface area contributed by atoms with Gasteiger partial charge in [-0.1, -0.05) is 34.1 Å². The van der Waals surface area contributed by atoms with Gasteiger partial charge in [-0.15, -0.1) is 0 Å². The van der Waals surface area contributed by atoms with Crippen molar-refractivity contribution in [3.05, 3.63) is 58.6 Å². The smallest absolute Gasteiger partial charge is 0.253 e. The highest BCUT2D eigenvalue weighted by Crippen LogP contribution is 2.50. The van der Waals surface area contributed by atoms with E-state index >= 15 is 0 Å². The molecule has 28 heavy (non-hydrogen) atoms. The molecule has 2 amide bonds. The van der Waals surface area contributed by atoms with Crippen molar-refractivity contribution in [2.24, 2.45) is 5.92 Å². The number of carbonyl (C=O) groups excluding carboxylic acids is 2. The van der Waals surface area contributed by atoms with Crippen molar-refractivity contribution in [3.63, 3.8) is 0 Å². The first-order valence-electron chi connectivity index (χ1n) is 9.41. The van der Waals surface area contributed by atoms with Crippen LogP contribution in [-0.4, -0.2) is 48.1 Å². The third kappa shape index (κ3) is 2.46. The largest absolute Gasteiger partial charge is 0.496 e. The van der Waals surface area contributed by atoms with Crippen molar-refractivity contribution in [1.82, 2.24) is 10.0 Å². The second-order valence-corrected chi connectivity index (χ2v) is 8.24. The lowest BCUT2D eigenvalue weighted by molar-refractivity contribution is -0.126. The van der Waals surface area contributed by atoms with Crippen LogP contribution in [0.2, 0.25) is 0 Å². The number of anilines is 1. The van der Waals surface area contributed by atoms with Crippen molar-refractivity contribution >= 4 is 33.4 Å². The Morgan fingerprint density at radius 1 is 0.929 bits per heavy atom. The molecule has 144 valence electrons. The quantitative estimate of drug-likeness (QED) is 0.685. The Morgan fingerprint density at radius 3 is 2.32 bits per heavy atom. The molecule has 0 bridgehead atoms. The van der Waals surface area contributed by atoms with E-state index in [1.54, 1.807) is 19.2 Å². The maximum Gasteiger partial charge on any atom is 0.253 e. The van der Waals surface area contributed by atoms with Gasteiger partial charge >= 0.3 is 0 Å². The molecule has 0 aromatic heterocycles. The van der Waals surface area contributed by atoms with Crippen LogP contribution in [-0.2, 0) is 9.59 Å². The third-order valence-corrected chi connectivity index (χ3v) is 6.48. The van der Waals surface area contributed by atoms with E-state index in [0.29, 0.717) is 5.69 Å². The Morgan fingerprint density at radius 2 is 1.61 bits per heavy atom. The number of rotatable bonds is 3. The molecule has 3 saturated heterocycles. The minimum atomic E-state index is -0.450. The molecule has 3 aliphatic rings. The van der Waals surface area contributed by atoms with Crippen molar-refractivity contribution < 1.29 is 14.3 Å². The molecule has 3 heterocycles. The summed E-state index contributed by atoms with van der Waals surface area (Å²) in [6, 6.07) is 14.5. The molecule has 0 radical (unpaired) electrons. The number of para-hydroxylation sites is 1. The highest BCUT2D eigenvalue weighted by molar-refractivity contribution is 9.10.